The van der Waals surface area contributed by atoms with E-state index in [1.54, 1.807) is 31.4 Å². The van der Waals surface area contributed by atoms with Gasteiger partial charge in [-0.25, -0.2) is 0 Å². The molecule has 0 heterocycles. The molecule has 0 aliphatic heterocycles. The van der Waals surface area contributed by atoms with Crippen molar-refractivity contribution in [3.63, 3.8) is 0 Å². The van der Waals surface area contributed by atoms with Gasteiger partial charge in [-0.1, -0.05) is 11.8 Å². The van der Waals surface area contributed by atoms with E-state index < -0.39 is 0 Å². The van der Waals surface area contributed by atoms with Crippen molar-refractivity contribution in [2.75, 3.05) is 19.5 Å². The summed E-state index contributed by atoms with van der Waals surface area (Å²) in [7, 11) is 1.60. The number of thioether (sulfide) groups is 1. The molecule has 0 radical (unpaired) electrons. The number of Topliss-reactive ketones (excluding diaryl/α,β-unsaturated/α-hetero) is 1. The van der Waals surface area contributed by atoms with Crippen molar-refractivity contribution in [2.24, 2.45) is 0 Å². The lowest BCUT2D eigenvalue weighted by atomic mass is 10.1. The molecule has 5 heteroatoms. The van der Waals surface area contributed by atoms with Crippen LogP contribution in [0.4, 0.5) is 0 Å². The summed E-state index contributed by atoms with van der Waals surface area (Å²) in [6.45, 7) is 2.45. The fourth-order valence-corrected chi connectivity index (χ4v) is 2.33. The fraction of sp³-hybridized carbons (Fsp3) is 0.385. The molecule has 98 valence electrons. The summed E-state index contributed by atoms with van der Waals surface area (Å²) in [6, 6.07) is 7.11. The highest BCUT2D eigenvalue weighted by molar-refractivity contribution is 8.22. The molecule has 0 atom stereocenters. The van der Waals surface area contributed by atoms with E-state index in [4.69, 9.17) is 21.7 Å². The molecule has 0 saturated heterocycles. The van der Waals surface area contributed by atoms with Gasteiger partial charge in [-0.3, -0.25) is 4.79 Å². The Morgan fingerprint density at radius 2 is 2.00 bits per heavy atom. The Morgan fingerprint density at radius 1 is 1.33 bits per heavy atom. The van der Waals surface area contributed by atoms with Gasteiger partial charge >= 0.3 is 0 Å². The molecule has 1 rings (SSSR count). The van der Waals surface area contributed by atoms with Crippen LogP contribution in [0.1, 0.15) is 23.7 Å². The van der Waals surface area contributed by atoms with Gasteiger partial charge < -0.3 is 9.47 Å². The van der Waals surface area contributed by atoms with Crippen LogP contribution in [0.25, 0.3) is 0 Å². The molecule has 0 N–H and O–H groups in total. The SMILES string of the molecule is CCOC(=S)SCCC(=O)c1ccc(OC)cc1. The highest BCUT2D eigenvalue weighted by Crippen LogP contribution is 2.14. The van der Waals surface area contributed by atoms with Crippen molar-refractivity contribution in [2.45, 2.75) is 13.3 Å². The van der Waals surface area contributed by atoms with Gasteiger partial charge in [0, 0.05) is 17.7 Å². The molecule has 0 fully saturated rings. The summed E-state index contributed by atoms with van der Waals surface area (Å²) >= 11 is 6.36. The summed E-state index contributed by atoms with van der Waals surface area (Å²) in [5.74, 6) is 1.49. The second-order valence-corrected chi connectivity index (χ2v) is 5.13. The van der Waals surface area contributed by atoms with Crippen LogP contribution in [0, 0.1) is 0 Å². The molecule has 0 bridgehead atoms. The maximum atomic E-state index is 11.8. The van der Waals surface area contributed by atoms with Crippen molar-refractivity contribution in [3.8, 4) is 5.75 Å². The van der Waals surface area contributed by atoms with Gasteiger partial charge in [-0.15, -0.1) is 0 Å². The first-order valence-electron chi connectivity index (χ1n) is 5.64. The largest absolute Gasteiger partial charge is 0.497 e. The number of hydrogen-bond donors (Lipinski definition) is 0. The number of benzene rings is 1. The molecule has 0 aromatic heterocycles. The first-order chi connectivity index (χ1) is 8.67. The molecule has 0 spiro atoms. The van der Waals surface area contributed by atoms with Gasteiger partial charge in [-0.2, -0.15) is 0 Å². The van der Waals surface area contributed by atoms with Crippen molar-refractivity contribution in [1.82, 2.24) is 0 Å². The molecule has 0 saturated carbocycles. The van der Waals surface area contributed by atoms with Crippen LogP contribution in [-0.4, -0.2) is 29.6 Å². The molecule has 0 aliphatic carbocycles. The Hall–Kier alpha value is -1.07. The topological polar surface area (TPSA) is 35.5 Å². The second kappa shape index (κ2) is 8.11. The zero-order valence-corrected chi connectivity index (χ0v) is 12.1. The number of thiocarbonyl (C=S) groups is 1. The third-order valence-corrected chi connectivity index (χ3v) is 3.46. The van der Waals surface area contributed by atoms with E-state index in [0.29, 0.717) is 28.7 Å². The first-order valence-corrected chi connectivity index (χ1v) is 7.03. The highest BCUT2D eigenvalue weighted by Gasteiger charge is 2.07. The van der Waals surface area contributed by atoms with Crippen LogP contribution in [0.15, 0.2) is 24.3 Å². The van der Waals surface area contributed by atoms with Gasteiger partial charge in [-0.05, 0) is 43.4 Å². The third-order valence-electron chi connectivity index (χ3n) is 2.22. The van der Waals surface area contributed by atoms with Crippen LogP contribution in [0.2, 0.25) is 0 Å². The van der Waals surface area contributed by atoms with Gasteiger partial charge in [0.25, 0.3) is 0 Å². The number of hydrogen-bond acceptors (Lipinski definition) is 5. The number of rotatable bonds is 6. The summed E-state index contributed by atoms with van der Waals surface area (Å²) in [6.07, 6.45) is 0.449. The van der Waals surface area contributed by atoms with Gasteiger partial charge in [0.15, 0.2) is 5.78 Å². The fourth-order valence-electron chi connectivity index (χ4n) is 1.31. The summed E-state index contributed by atoms with van der Waals surface area (Å²) in [5.41, 5.74) is 0.693. The molecule has 0 amide bonds. The van der Waals surface area contributed by atoms with Crippen LogP contribution in [0.3, 0.4) is 0 Å². The highest BCUT2D eigenvalue weighted by atomic mass is 32.2. The molecule has 1 aromatic carbocycles. The Kier molecular flexibility index (Phi) is 6.75. The Morgan fingerprint density at radius 3 is 2.56 bits per heavy atom. The maximum absolute atomic E-state index is 11.8. The van der Waals surface area contributed by atoms with Crippen LogP contribution in [0.5, 0.6) is 5.75 Å². The first kappa shape index (κ1) is 15.0. The van der Waals surface area contributed by atoms with E-state index in [-0.39, 0.29) is 5.78 Å². The molecule has 18 heavy (non-hydrogen) atoms. The third kappa shape index (κ3) is 5.06. The predicted molar refractivity (Wildman–Crippen MR) is 78.6 cm³/mol. The van der Waals surface area contributed by atoms with E-state index in [1.807, 2.05) is 6.92 Å². The molecule has 0 aliphatic rings. The standard InChI is InChI=1S/C13H16O3S2/c1-3-16-13(17)18-9-8-12(14)10-4-6-11(15-2)7-5-10/h4-7H,3,8-9H2,1-2H3. The van der Waals surface area contributed by atoms with Crippen LogP contribution in [-0.2, 0) is 4.74 Å². The average Bonchev–Trinajstić information content (AvgIpc) is 2.39. The van der Waals surface area contributed by atoms with E-state index in [9.17, 15) is 4.79 Å². The second-order valence-electron chi connectivity index (χ2n) is 3.43. The summed E-state index contributed by atoms with van der Waals surface area (Å²) in [4.78, 5) is 11.8. The minimum atomic E-state index is 0.101. The zero-order valence-electron chi connectivity index (χ0n) is 10.5. The van der Waals surface area contributed by atoms with Crippen molar-refractivity contribution in [1.29, 1.82) is 0 Å². The Bertz CT molecular complexity index is 401. The number of methoxy groups -OCH3 is 1. The van der Waals surface area contributed by atoms with E-state index in [2.05, 4.69) is 0 Å². The van der Waals surface area contributed by atoms with Crippen molar-refractivity contribution < 1.29 is 14.3 Å². The summed E-state index contributed by atoms with van der Waals surface area (Å²) < 4.78 is 10.7. The minimum Gasteiger partial charge on any atom is -0.497 e. The lowest BCUT2D eigenvalue weighted by molar-refractivity contribution is 0.0989. The van der Waals surface area contributed by atoms with Gasteiger partial charge in [0.2, 0.25) is 4.38 Å². The monoisotopic (exact) mass is 284 g/mol. The molecule has 3 nitrogen and oxygen atoms in total. The minimum absolute atomic E-state index is 0.101. The smallest absolute Gasteiger partial charge is 0.219 e. The van der Waals surface area contributed by atoms with E-state index >= 15 is 0 Å². The molecular weight excluding hydrogens is 268 g/mol. The molecule has 1 aromatic rings. The van der Waals surface area contributed by atoms with Gasteiger partial charge in [0.1, 0.15) is 5.75 Å². The van der Waals surface area contributed by atoms with Crippen molar-refractivity contribution in [3.05, 3.63) is 29.8 Å². The summed E-state index contributed by atoms with van der Waals surface area (Å²) in [5, 5.41) is 0. The molecular formula is C13H16O3S2. The zero-order chi connectivity index (χ0) is 13.4. The maximum Gasteiger partial charge on any atom is 0.219 e. The number of carbonyl (C=O) groups excluding carboxylic acids is 1. The number of ketones is 1. The quantitative estimate of drug-likeness (QED) is 0.591. The van der Waals surface area contributed by atoms with Crippen LogP contribution < -0.4 is 4.74 Å². The predicted octanol–water partition coefficient (Wildman–Crippen LogP) is 3.32. The van der Waals surface area contributed by atoms with E-state index in [1.165, 1.54) is 11.8 Å². The normalized spacial score (nSPS) is 9.89. The Balaban J connectivity index is 2.38. The average molecular weight is 284 g/mol. The molecule has 0 unspecified atom stereocenters. The van der Waals surface area contributed by atoms with E-state index in [0.717, 1.165) is 5.75 Å². The Labute approximate surface area is 117 Å². The van der Waals surface area contributed by atoms with Gasteiger partial charge in [0.05, 0.1) is 13.7 Å². The number of ether oxygens (including phenoxy) is 2. The number of carbonyl (C=O) groups is 1. The van der Waals surface area contributed by atoms with Crippen molar-refractivity contribution >= 4 is 34.1 Å². The lowest BCUT2D eigenvalue weighted by Gasteiger charge is -2.04. The lowest BCUT2D eigenvalue weighted by Crippen LogP contribution is -2.03. The van der Waals surface area contributed by atoms with Crippen LogP contribution >= 0.6 is 24.0 Å².